The number of aryl methyl sites for hydroxylation is 2. The highest BCUT2D eigenvalue weighted by Crippen LogP contribution is 2.26. The van der Waals surface area contributed by atoms with E-state index in [9.17, 15) is 4.79 Å². The Labute approximate surface area is 119 Å². The maximum atomic E-state index is 12.4. The van der Waals surface area contributed by atoms with Gasteiger partial charge < -0.3 is 10.6 Å². The first-order chi connectivity index (χ1) is 8.92. The Morgan fingerprint density at radius 2 is 2.21 bits per heavy atom. The summed E-state index contributed by atoms with van der Waals surface area (Å²) in [6, 6.07) is 0.0271. The summed E-state index contributed by atoms with van der Waals surface area (Å²) in [4.78, 5) is 18.0. The zero-order valence-electron chi connectivity index (χ0n) is 12.2. The first kappa shape index (κ1) is 14.5. The van der Waals surface area contributed by atoms with Crippen LogP contribution in [0.2, 0.25) is 0 Å². The molecule has 1 aliphatic rings. The summed E-state index contributed by atoms with van der Waals surface area (Å²) < 4.78 is 0. The summed E-state index contributed by atoms with van der Waals surface area (Å²) in [6.07, 6.45) is 3.18. The van der Waals surface area contributed by atoms with Gasteiger partial charge in [0.15, 0.2) is 0 Å². The molecule has 4 nitrogen and oxygen atoms in total. The molecule has 2 N–H and O–H groups in total. The minimum Gasteiger partial charge on any atom is -0.347 e. The van der Waals surface area contributed by atoms with Crippen molar-refractivity contribution in [2.45, 2.75) is 58.5 Å². The Morgan fingerprint density at radius 3 is 2.74 bits per heavy atom. The molecule has 5 heteroatoms. The van der Waals surface area contributed by atoms with Gasteiger partial charge in [-0.05, 0) is 53.5 Å². The van der Waals surface area contributed by atoms with Crippen LogP contribution in [0.5, 0.6) is 0 Å². The van der Waals surface area contributed by atoms with Gasteiger partial charge in [0.2, 0.25) is 5.91 Å². The molecule has 2 rings (SSSR count). The van der Waals surface area contributed by atoms with Crippen LogP contribution in [0.25, 0.3) is 0 Å². The van der Waals surface area contributed by atoms with Crippen LogP contribution in [0.4, 0.5) is 0 Å². The van der Waals surface area contributed by atoms with Gasteiger partial charge in [-0.15, -0.1) is 11.3 Å². The van der Waals surface area contributed by atoms with E-state index in [2.05, 4.69) is 15.6 Å². The Bertz CT molecular complexity index is 463. The molecule has 2 atom stereocenters. The third kappa shape index (κ3) is 3.15. The van der Waals surface area contributed by atoms with Gasteiger partial charge in [0, 0.05) is 4.88 Å². The van der Waals surface area contributed by atoms with Crippen molar-refractivity contribution in [3.63, 3.8) is 0 Å². The number of nitrogens with zero attached hydrogens (tertiary/aromatic N) is 1. The quantitative estimate of drug-likeness (QED) is 0.895. The Balaban J connectivity index is 2.04. The summed E-state index contributed by atoms with van der Waals surface area (Å²) in [5.41, 5.74) is 0.609. The number of aromatic nitrogens is 1. The lowest BCUT2D eigenvalue weighted by Crippen LogP contribution is -2.57. The van der Waals surface area contributed by atoms with Crippen LogP contribution >= 0.6 is 11.3 Å². The summed E-state index contributed by atoms with van der Waals surface area (Å²) in [5.74, 6) is 0.102. The van der Waals surface area contributed by atoms with Gasteiger partial charge in [0.05, 0.1) is 22.3 Å². The molecule has 106 valence electrons. The highest BCUT2D eigenvalue weighted by molar-refractivity contribution is 7.11. The predicted molar refractivity (Wildman–Crippen MR) is 78.4 cm³/mol. The molecular weight excluding hydrogens is 258 g/mol. The topological polar surface area (TPSA) is 54.0 Å². The zero-order valence-corrected chi connectivity index (χ0v) is 13.0. The minimum atomic E-state index is -0.417. The number of amides is 1. The number of carbonyl (C=O) groups excluding carboxylic acids is 1. The van der Waals surface area contributed by atoms with Crippen LogP contribution in [0.1, 0.15) is 54.7 Å². The molecular formula is C14H23N3OS. The molecule has 0 aliphatic carbocycles. The monoisotopic (exact) mass is 281 g/mol. The maximum absolute atomic E-state index is 12.4. The lowest BCUT2D eigenvalue weighted by molar-refractivity contribution is -0.128. The van der Waals surface area contributed by atoms with Crippen molar-refractivity contribution in [1.82, 2.24) is 15.6 Å². The number of carbonyl (C=O) groups is 1. The molecule has 1 aromatic rings. The Morgan fingerprint density at radius 1 is 1.47 bits per heavy atom. The number of hydrogen-bond donors (Lipinski definition) is 2. The van der Waals surface area contributed by atoms with Crippen molar-refractivity contribution in [2.75, 3.05) is 6.54 Å². The normalized spacial score (nSPS) is 25.1. The SMILES string of the molecule is Cc1nc(C)c(C(C)NC(=O)C2(C)CCCCN2)s1. The van der Waals surface area contributed by atoms with Crippen molar-refractivity contribution >= 4 is 17.2 Å². The van der Waals surface area contributed by atoms with E-state index in [1.165, 1.54) is 0 Å². The van der Waals surface area contributed by atoms with E-state index in [1.807, 2.05) is 27.7 Å². The van der Waals surface area contributed by atoms with Crippen molar-refractivity contribution in [3.8, 4) is 0 Å². The summed E-state index contributed by atoms with van der Waals surface area (Å²) in [7, 11) is 0. The van der Waals surface area contributed by atoms with Crippen molar-refractivity contribution in [2.24, 2.45) is 0 Å². The third-order valence-electron chi connectivity index (χ3n) is 3.80. The number of thiazole rings is 1. The largest absolute Gasteiger partial charge is 0.347 e. The van der Waals surface area contributed by atoms with Gasteiger partial charge >= 0.3 is 0 Å². The highest BCUT2D eigenvalue weighted by atomic mass is 32.1. The van der Waals surface area contributed by atoms with Gasteiger partial charge in [-0.25, -0.2) is 4.98 Å². The molecule has 2 unspecified atom stereocenters. The van der Waals surface area contributed by atoms with Crippen LogP contribution in [0, 0.1) is 13.8 Å². The first-order valence-corrected chi connectivity index (χ1v) is 7.74. The van der Waals surface area contributed by atoms with Gasteiger partial charge in [-0.2, -0.15) is 0 Å². The van der Waals surface area contributed by atoms with E-state index in [1.54, 1.807) is 11.3 Å². The average molecular weight is 281 g/mol. The van der Waals surface area contributed by atoms with E-state index in [0.29, 0.717) is 0 Å². The lowest BCUT2D eigenvalue weighted by atomic mass is 9.90. The van der Waals surface area contributed by atoms with E-state index in [-0.39, 0.29) is 11.9 Å². The minimum absolute atomic E-state index is 0.0271. The van der Waals surface area contributed by atoms with Crippen LogP contribution in [-0.4, -0.2) is 23.0 Å². The molecule has 0 bridgehead atoms. The smallest absolute Gasteiger partial charge is 0.240 e. The average Bonchev–Trinajstić information content (AvgIpc) is 2.69. The molecule has 0 saturated carbocycles. The summed E-state index contributed by atoms with van der Waals surface area (Å²) >= 11 is 1.66. The molecule has 1 fully saturated rings. The molecule has 1 aromatic heterocycles. The van der Waals surface area contributed by atoms with Gasteiger partial charge in [0.25, 0.3) is 0 Å². The number of hydrogen-bond acceptors (Lipinski definition) is 4. The second-order valence-electron chi connectivity index (χ2n) is 5.59. The van der Waals surface area contributed by atoms with Crippen LogP contribution in [0.3, 0.4) is 0 Å². The van der Waals surface area contributed by atoms with Gasteiger partial charge in [-0.1, -0.05) is 0 Å². The molecule has 1 saturated heterocycles. The third-order valence-corrected chi connectivity index (χ3v) is 5.06. The summed E-state index contributed by atoms with van der Waals surface area (Å²) in [5, 5.41) is 7.53. The molecule has 0 radical (unpaired) electrons. The standard InChI is InChI=1S/C14H23N3OS/c1-9-12(19-11(3)16-9)10(2)17-13(18)14(4)7-5-6-8-15-14/h10,15H,5-8H2,1-4H3,(H,17,18). The first-order valence-electron chi connectivity index (χ1n) is 6.92. The van der Waals surface area contributed by atoms with Crippen LogP contribution in [0.15, 0.2) is 0 Å². The van der Waals surface area contributed by atoms with Gasteiger partial charge in [0.1, 0.15) is 0 Å². The second kappa shape index (κ2) is 5.59. The Kier molecular flexibility index (Phi) is 4.26. The fourth-order valence-corrected chi connectivity index (χ4v) is 3.55. The molecule has 19 heavy (non-hydrogen) atoms. The van der Waals surface area contributed by atoms with E-state index in [0.717, 1.165) is 41.4 Å². The molecule has 2 heterocycles. The zero-order chi connectivity index (χ0) is 14.0. The molecule has 0 spiro atoms. The number of rotatable bonds is 3. The maximum Gasteiger partial charge on any atom is 0.240 e. The predicted octanol–water partition coefficient (Wildman–Crippen LogP) is 2.47. The molecule has 1 aliphatic heterocycles. The van der Waals surface area contributed by atoms with Gasteiger partial charge in [-0.3, -0.25) is 4.79 Å². The van der Waals surface area contributed by atoms with E-state index < -0.39 is 5.54 Å². The van der Waals surface area contributed by atoms with Crippen molar-refractivity contribution in [3.05, 3.63) is 15.6 Å². The fourth-order valence-electron chi connectivity index (χ4n) is 2.62. The second-order valence-corrected chi connectivity index (χ2v) is 6.83. The van der Waals surface area contributed by atoms with Crippen molar-refractivity contribution < 1.29 is 4.79 Å². The number of nitrogens with one attached hydrogen (secondary N) is 2. The number of piperidine rings is 1. The van der Waals surface area contributed by atoms with Crippen LogP contribution < -0.4 is 10.6 Å². The molecule has 1 amide bonds. The van der Waals surface area contributed by atoms with Crippen molar-refractivity contribution in [1.29, 1.82) is 0 Å². The van der Waals surface area contributed by atoms with Crippen LogP contribution in [-0.2, 0) is 4.79 Å². The lowest BCUT2D eigenvalue weighted by Gasteiger charge is -2.34. The van der Waals surface area contributed by atoms with E-state index in [4.69, 9.17) is 0 Å². The highest BCUT2D eigenvalue weighted by Gasteiger charge is 2.35. The van der Waals surface area contributed by atoms with E-state index >= 15 is 0 Å². The Hall–Kier alpha value is -0.940. The fraction of sp³-hybridized carbons (Fsp3) is 0.714. The molecule has 0 aromatic carbocycles. The summed E-state index contributed by atoms with van der Waals surface area (Å²) in [6.45, 7) is 8.96.